The molecule has 8 heteroatoms. The molecular formula is C22H30O7S. The van der Waals surface area contributed by atoms with Gasteiger partial charge in [0.15, 0.2) is 0 Å². The maximum atomic E-state index is 12.9. The molecule has 0 radical (unpaired) electrons. The Morgan fingerprint density at radius 2 is 1.23 bits per heavy atom. The Labute approximate surface area is 181 Å². The predicted molar refractivity (Wildman–Crippen MR) is 111 cm³/mol. The maximum Gasteiger partial charge on any atom is 0.338 e. The van der Waals surface area contributed by atoms with Crippen molar-refractivity contribution in [2.24, 2.45) is 0 Å². The van der Waals surface area contributed by atoms with E-state index in [1.807, 2.05) is 13.8 Å². The lowest BCUT2D eigenvalue weighted by Crippen LogP contribution is -2.34. The molecule has 1 N–H and O–H groups in total. The van der Waals surface area contributed by atoms with Crippen LogP contribution in [-0.4, -0.2) is 28.4 Å². The van der Waals surface area contributed by atoms with Gasteiger partial charge in [0.05, 0.1) is 23.2 Å². The van der Waals surface area contributed by atoms with Crippen molar-refractivity contribution in [1.29, 1.82) is 0 Å². The summed E-state index contributed by atoms with van der Waals surface area (Å²) < 4.78 is 16.1. The molecule has 0 bridgehead atoms. The van der Waals surface area contributed by atoms with Crippen LogP contribution < -0.4 is 0 Å². The highest BCUT2D eigenvalue weighted by molar-refractivity contribution is 7.94. The van der Waals surface area contributed by atoms with Crippen LogP contribution in [-0.2, 0) is 18.8 Å². The number of benzene rings is 1. The quantitative estimate of drug-likeness (QED) is 0.244. The lowest BCUT2D eigenvalue weighted by molar-refractivity contribution is -0.432. The smallest absolute Gasteiger partial charge is 0.338 e. The minimum absolute atomic E-state index is 0.231. The van der Waals surface area contributed by atoms with Gasteiger partial charge in [0.1, 0.15) is 11.2 Å². The van der Waals surface area contributed by atoms with Crippen LogP contribution in [0.3, 0.4) is 0 Å². The summed E-state index contributed by atoms with van der Waals surface area (Å²) in [6.07, 6.45) is 9.68. The molecule has 0 aliphatic heterocycles. The van der Waals surface area contributed by atoms with E-state index in [9.17, 15) is 9.59 Å². The molecule has 0 amide bonds. The lowest BCUT2D eigenvalue weighted by Gasteiger charge is -2.33. The van der Waals surface area contributed by atoms with Gasteiger partial charge >= 0.3 is 11.9 Å². The molecule has 2 fully saturated rings. The first kappa shape index (κ1) is 23.1. The van der Waals surface area contributed by atoms with Crippen LogP contribution in [0.5, 0.6) is 0 Å². The number of hydrogen-bond donors (Lipinski definition) is 1. The number of rotatable bonds is 7. The second kappa shape index (κ2) is 10.1. The zero-order valence-corrected chi connectivity index (χ0v) is 18.4. The fourth-order valence-corrected chi connectivity index (χ4v) is 4.77. The summed E-state index contributed by atoms with van der Waals surface area (Å²) in [5, 5.41) is 12.1. The molecule has 7 nitrogen and oxygen atoms in total. The molecule has 0 spiro atoms. The third-order valence-electron chi connectivity index (χ3n) is 6.04. The highest BCUT2D eigenvalue weighted by atomic mass is 32.2. The van der Waals surface area contributed by atoms with Crippen molar-refractivity contribution in [3.05, 3.63) is 29.3 Å². The zero-order chi connectivity index (χ0) is 21.6. The van der Waals surface area contributed by atoms with Gasteiger partial charge in [-0.2, -0.15) is 0 Å². The van der Waals surface area contributed by atoms with Crippen molar-refractivity contribution in [1.82, 2.24) is 0 Å². The number of carbonyl (C=O) groups excluding carboxylic acids is 2. The van der Waals surface area contributed by atoms with Gasteiger partial charge < -0.3 is 9.47 Å². The van der Waals surface area contributed by atoms with Crippen LogP contribution in [0, 0.1) is 0 Å². The molecule has 166 valence electrons. The summed E-state index contributed by atoms with van der Waals surface area (Å²) in [5.41, 5.74) is -0.540. The van der Waals surface area contributed by atoms with E-state index in [4.69, 9.17) is 14.7 Å². The van der Waals surface area contributed by atoms with E-state index in [0.29, 0.717) is 16.9 Å². The fourth-order valence-electron chi connectivity index (χ4n) is 4.31. The number of carbonyl (C=O) groups is 2. The fraction of sp³-hybridized carbons (Fsp3) is 0.636. The Hall–Kier alpha value is -1.61. The van der Waals surface area contributed by atoms with E-state index in [1.54, 1.807) is 0 Å². The van der Waals surface area contributed by atoms with Crippen molar-refractivity contribution in [3.63, 3.8) is 0 Å². The van der Waals surface area contributed by atoms with Gasteiger partial charge in [0, 0.05) is 4.90 Å². The van der Waals surface area contributed by atoms with Crippen LogP contribution >= 0.6 is 12.0 Å². The van der Waals surface area contributed by atoms with E-state index >= 15 is 0 Å². The van der Waals surface area contributed by atoms with E-state index in [0.717, 1.165) is 64.2 Å². The van der Waals surface area contributed by atoms with Gasteiger partial charge in [-0.15, -0.1) is 4.33 Å². The summed E-state index contributed by atoms with van der Waals surface area (Å²) in [4.78, 5) is 26.1. The lowest BCUT2D eigenvalue weighted by atomic mass is 9.86. The topological polar surface area (TPSA) is 91.3 Å². The van der Waals surface area contributed by atoms with Crippen molar-refractivity contribution in [3.8, 4) is 0 Å². The van der Waals surface area contributed by atoms with Crippen molar-refractivity contribution in [2.45, 2.75) is 94.2 Å². The second-order valence-corrected chi connectivity index (χ2v) is 9.55. The van der Waals surface area contributed by atoms with Gasteiger partial charge in [0.2, 0.25) is 0 Å². The molecule has 0 heterocycles. The highest BCUT2D eigenvalue weighted by Gasteiger charge is 2.33. The third kappa shape index (κ3) is 6.20. The molecule has 2 aliphatic carbocycles. The summed E-state index contributed by atoms with van der Waals surface area (Å²) in [7, 11) is 0. The van der Waals surface area contributed by atoms with Crippen molar-refractivity contribution in [2.75, 3.05) is 0 Å². The van der Waals surface area contributed by atoms with Crippen LogP contribution in [0.4, 0.5) is 0 Å². The molecule has 3 rings (SSSR count). The summed E-state index contributed by atoms with van der Waals surface area (Å²) >= 11 is 0.686. The largest absolute Gasteiger partial charge is 0.456 e. The molecule has 2 aliphatic rings. The number of hydrogen-bond acceptors (Lipinski definition) is 8. The minimum Gasteiger partial charge on any atom is -0.456 e. The van der Waals surface area contributed by atoms with Crippen molar-refractivity contribution < 1.29 is 33.7 Å². The van der Waals surface area contributed by atoms with Gasteiger partial charge in [0.25, 0.3) is 0 Å². The van der Waals surface area contributed by atoms with E-state index < -0.39 is 23.1 Å². The Kier molecular flexibility index (Phi) is 7.79. The minimum atomic E-state index is -0.501. The first-order valence-corrected chi connectivity index (χ1v) is 11.3. The summed E-state index contributed by atoms with van der Waals surface area (Å²) in [6.45, 7) is 3.90. The summed E-state index contributed by atoms with van der Waals surface area (Å²) in [6, 6.07) is 4.57. The molecule has 1 aromatic carbocycles. The second-order valence-electron chi connectivity index (χ2n) is 8.77. The average molecular weight is 439 g/mol. The Bertz CT molecular complexity index is 696. The number of esters is 2. The molecule has 2 saturated carbocycles. The third-order valence-corrected chi connectivity index (χ3v) is 6.60. The molecule has 0 saturated heterocycles. The Morgan fingerprint density at radius 1 is 0.800 bits per heavy atom. The summed E-state index contributed by atoms with van der Waals surface area (Å²) in [5.74, 6) is -0.991. The van der Waals surface area contributed by atoms with Crippen LogP contribution in [0.1, 0.15) is 98.8 Å². The van der Waals surface area contributed by atoms with E-state index in [2.05, 4.69) is 9.37 Å². The first-order valence-electron chi connectivity index (χ1n) is 10.6. The maximum absolute atomic E-state index is 12.9. The van der Waals surface area contributed by atoms with E-state index in [-0.39, 0.29) is 11.1 Å². The van der Waals surface area contributed by atoms with Gasteiger partial charge in [-0.05, 0) is 83.4 Å². The van der Waals surface area contributed by atoms with Gasteiger partial charge in [-0.1, -0.05) is 17.9 Å². The molecule has 1 aromatic rings. The SMILES string of the molecule is CC1(OC(=O)c2cc(SOOO)cc(C(=O)OC3(C)CCCCC3)c2)CCCCC1. The number of ether oxygens (including phenoxy) is 2. The van der Waals surface area contributed by atoms with Crippen LogP contribution in [0.2, 0.25) is 0 Å². The van der Waals surface area contributed by atoms with Crippen molar-refractivity contribution >= 4 is 24.0 Å². The van der Waals surface area contributed by atoms with Crippen LogP contribution in [0.15, 0.2) is 23.1 Å². The molecule has 0 unspecified atom stereocenters. The van der Waals surface area contributed by atoms with Gasteiger partial charge in [-0.25, -0.2) is 14.8 Å². The van der Waals surface area contributed by atoms with Gasteiger partial charge in [-0.3, -0.25) is 0 Å². The molecule has 0 atom stereocenters. The van der Waals surface area contributed by atoms with E-state index in [1.165, 1.54) is 18.2 Å². The van der Waals surface area contributed by atoms with Crippen LogP contribution in [0.25, 0.3) is 0 Å². The average Bonchev–Trinajstić information content (AvgIpc) is 2.72. The molecule has 30 heavy (non-hydrogen) atoms. The Morgan fingerprint density at radius 3 is 1.63 bits per heavy atom. The monoisotopic (exact) mass is 438 g/mol. The molecular weight excluding hydrogens is 408 g/mol. The zero-order valence-electron chi connectivity index (χ0n) is 17.6. The molecule has 0 aromatic heterocycles. The normalized spacial score (nSPS) is 20.4. The standard InChI is InChI=1S/C22H30O7S/c1-21(9-5-3-6-10-21)26-19(23)16-13-17(15-18(14-16)30-29-28-25)20(24)27-22(2)11-7-4-8-12-22/h13-15,25H,3-12H2,1-2H3. The highest BCUT2D eigenvalue weighted by Crippen LogP contribution is 2.34. The first-order chi connectivity index (χ1) is 14.3. The Balaban J connectivity index is 1.80. The predicted octanol–water partition coefficient (Wildman–Crippen LogP) is 5.87.